The Morgan fingerprint density at radius 1 is 1.33 bits per heavy atom. The zero-order chi connectivity index (χ0) is 13.0. The molecule has 0 amide bonds. The van der Waals surface area contributed by atoms with Crippen LogP contribution in [0.5, 0.6) is 5.75 Å². The summed E-state index contributed by atoms with van der Waals surface area (Å²) in [6.07, 6.45) is -2.57. The Bertz CT molecular complexity index is 389. The fourth-order valence-electron chi connectivity index (χ4n) is 1.99. The lowest BCUT2D eigenvalue weighted by atomic mass is 10.1. The third-order valence-electron chi connectivity index (χ3n) is 2.74. The van der Waals surface area contributed by atoms with Gasteiger partial charge in [-0.1, -0.05) is 6.07 Å². The predicted octanol–water partition coefficient (Wildman–Crippen LogP) is 2.75. The van der Waals surface area contributed by atoms with Crippen LogP contribution in [0.3, 0.4) is 0 Å². The molecule has 1 aliphatic heterocycles. The molecule has 0 bridgehead atoms. The van der Waals surface area contributed by atoms with E-state index in [-0.39, 0.29) is 11.8 Å². The van der Waals surface area contributed by atoms with Crippen molar-refractivity contribution in [2.24, 2.45) is 0 Å². The summed E-state index contributed by atoms with van der Waals surface area (Å²) in [6.45, 7) is 1.82. The maximum absolute atomic E-state index is 12.1. The Labute approximate surface area is 103 Å². The minimum absolute atomic E-state index is 0.198. The number of rotatable bonds is 3. The number of nitrogens with one attached hydrogen (secondary N) is 2. The van der Waals surface area contributed by atoms with Crippen LogP contribution in [-0.4, -0.2) is 25.5 Å². The van der Waals surface area contributed by atoms with Crippen molar-refractivity contribution in [1.82, 2.24) is 5.32 Å². The van der Waals surface area contributed by atoms with Gasteiger partial charge in [-0.3, -0.25) is 0 Å². The normalized spacial score (nSPS) is 20.5. The van der Waals surface area contributed by atoms with Crippen molar-refractivity contribution in [1.29, 1.82) is 0 Å². The highest BCUT2D eigenvalue weighted by Crippen LogP contribution is 2.25. The van der Waals surface area contributed by atoms with Gasteiger partial charge in [-0.15, -0.1) is 13.2 Å². The number of benzene rings is 1. The van der Waals surface area contributed by atoms with E-state index >= 15 is 0 Å². The molecule has 1 aliphatic rings. The smallest absolute Gasteiger partial charge is 0.406 e. The molecule has 1 aromatic rings. The number of hydrogen-bond donors (Lipinski definition) is 2. The molecule has 0 saturated carbocycles. The van der Waals surface area contributed by atoms with Crippen LogP contribution < -0.4 is 15.4 Å². The van der Waals surface area contributed by atoms with E-state index in [1.54, 1.807) is 12.1 Å². The predicted molar refractivity (Wildman–Crippen MR) is 62.6 cm³/mol. The SMILES string of the molecule is FC(F)(F)Oc1cccc(NC2CCCNC2)c1. The van der Waals surface area contributed by atoms with Crippen LogP contribution in [-0.2, 0) is 0 Å². The minimum Gasteiger partial charge on any atom is -0.406 e. The lowest BCUT2D eigenvalue weighted by molar-refractivity contribution is -0.274. The highest BCUT2D eigenvalue weighted by Gasteiger charge is 2.31. The van der Waals surface area contributed by atoms with Gasteiger partial charge in [-0.25, -0.2) is 0 Å². The minimum atomic E-state index is -4.65. The third-order valence-corrected chi connectivity index (χ3v) is 2.74. The van der Waals surface area contributed by atoms with Crippen LogP contribution in [0, 0.1) is 0 Å². The van der Waals surface area contributed by atoms with Crippen molar-refractivity contribution >= 4 is 5.69 Å². The molecule has 1 unspecified atom stereocenters. The summed E-state index contributed by atoms with van der Waals surface area (Å²) in [4.78, 5) is 0. The molecule has 0 aliphatic carbocycles. The number of alkyl halides is 3. The summed E-state index contributed by atoms with van der Waals surface area (Å²) in [6, 6.07) is 6.18. The van der Waals surface area contributed by atoms with Crippen molar-refractivity contribution < 1.29 is 17.9 Å². The molecule has 2 N–H and O–H groups in total. The van der Waals surface area contributed by atoms with E-state index < -0.39 is 6.36 Å². The molecule has 1 saturated heterocycles. The molecule has 1 atom stereocenters. The molecule has 2 rings (SSSR count). The Hall–Kier alpha value is -1.43. The lowest BCUT2D eigenvalue weighted by Crippen LogP contribution is -2.38. The first kappa shape index (κ1) is 13.0. The Kier molecular flexibility index (Phi) is 3.96. The zero-order valence-corrected chi connectivity index (χ0v) is 9.76. The van der Waals surface area contributed by atoms with E-state index in [2.05, 4.69) is 15.4 Å². The fraction of sp³-hybridized carbons (Fsp3) is 0.500. The van der Waals surface area contributed by atoms with Crippen LogP contribution in [0.1, 0.15) is 12.8 Å². The molecule has 6 heteroatoms. The Morgan fingerprint density at radius 3 is 2.83 bits per heavy atom. The number of halogens is 3. The van der Waals surface area contributed by atoms with Crippen molar-refractivity contribution in [2.75, 3.05) is 18.4 Å². The van der Waals surface area contributed by atoms with Crippen molar-refractivity contribution in [3.63, 3.8) is 0 Å². The van der Waals surface area contributed by atoms with Crippen LogP contribution in [0.2, 0.25) is 0 Å². The van der Waals surface area contributed by atoms with Gasteiger partial charge in [0, 0.05) is 24.3 Å². The van der Waals surface area contributed by atoms with Gasteiger partial charge in [0.25, 0.3) is 0 Å². The highest BCUT2D eigenvalue weighted by molar-refractivity contribution is 5.49. The summed E-state index contributed by atoms with van der Waals surface area (Å²) < 4.78 is 40.1. The topological polar surface area (TPSA) is 33.3 Å². The summed E-state index contributed by atoms with van der Waals surface area (Å²) in [5, 5.41) is 6.43. The van der Waals surface area contributed by atoms with E-state index in [4.69, 9.17) is 0 Å². The Morgan fingerprint density at radius 2 is 2.17 bits per heavy atom. The quantitative estimate of drug-likeness (QED) is 0.876. The molecule has 1 aromatic carbocycles. The van der Waals surface area contributed by atoms with Gasteiger partial charge in [0.05, 0.1) is 0 Å². The summed E-state index contributed by atoms with van der Waals surface area (Å²) in [5.41, 5.74) is 0.644. The summed E-state index contributed by atoms with van der Waals surface area (Å²) >= 11 is 0. The second kappa shape index (κ2) is 5.48. The first-order valence-corrected chi connectivity index (χ1v) is 5.86. The van der Waals surface area contributed by atoms with Crippen LogP contribution in [0.15, 0.2) is 24.3 Å². The van der Waals surface area contributed by atoms with Gasteiger partial charge >= 0.3 is 6.36 Å². The monoisotopic (exact) mass is 260 g/mol. The van der Waals surface area contributed by atoms with Gasteiger partial charge in [0.2, 0.25) is 0 Å². The zero-order valence-electron chi connectivity index (χ0n) is 9.76. The van der Waals surface area contributed by atoms with E-state index in [1.807, 2.05) is 0 Å². The average Bonchev–Trinajstić information content (AvgIpc) is 2.28. The van der Waals surface area contributed by atoms with E-state index in [1.165, 1.54) is 12.1 Å². The molecular formula is C12H15F3N2O. The first-order chi connectivity index (χ1) is 8.53. The van der Waals surface area contributed by atoms with Gasteiger partial charge in [0.1, 0.15) is 5.75 Å². The number of anilines is 1. The van der Waals surface area contributed by atoms with Crippen molar-refractivity contribution in [3.05, 3.63) is 24.3 Å². The second-order valence-electron chi connectivity index (χ2n) is 4.26. The fourth-order valence-corrected chi connectivity index (χ4v) is 1.99. The molecule has 0 radical (unpaired) electrons. The van der Waals surface area contributed by atoms with Crippen molar-refractivity contribution in [3.8, 4) is 5.75 Å². The lowest BCUT2D eigenvalue weighted by Gasteiger charge is -2.25. The first-order valence-electron chi connectivity index (χ1n) is 5.86. The second-order valence-corrected chi connectivity index (χ2v) is 4.26. The maximum Gasteiger partial charge on any atom is 0.573 e. The van der Waals surface area contributed by atoms with Gasteiger partial charge < -0.3 is 15.4 Å². The summed E-state index contributed by atoms with van der Waals surface area (Å²) in [7, 11) is 0. The van der Waals surface area contributed by atoms with E-state index in [9.17, 15) is 13.2 Å². The van der Waals surface area contributed by atoms with Gasteiger partial charge in [-0.05, 0) is 31.5 Å². The van der Waals surface area contributed by atoms with Crippen LogP contribution in [0.4, 0.5) is 18.9 Å². The van der Waals surface area contributed by atoms with Crippen LogP contribution >= 0.6 is 0 Å². The average molecular weight is 260 g/mol. The molecule has 100 valence electrons. The highest BCUT2D eigenvalue weighted by atomic mass is 19.4. The van der Waals surface area contributed by atoms with Crippen LogP contribution in [0.25, 0.3) is 0 Å². The molecule has 18 heavy (non-hydrogen) atoms. The molecule has 3 nitrogen and oxygen atoms in total. The third kappa shape index (κ3) is 4.10. The number of piperidine rings is 1. The number of hydrogen-bond acceptors (Lipinski definition) is 3. The number of ether oxygens (including phenoxy) is 1. The maximum atomic E-state index is 12.1. The molecule has 1 heterocycles. The largest absolute Gasteiger partial charge is 0.573 e. The summed E-state index contributed by atoms with van der Waals surface area (Å²) in [5.74, 6) is -0.198. The van der Waals surface area contributed by atoms with E-state index in [0.29, 0.717) is 5.69 Å². The molecule has 0 aromatic heterocycles. The molecule has 1 fully saturated rings. The van der Waals surface area contributed by atoms with Gasteiger partial charge in [-0.2, -0.15) is 0 Å². The van der Waals surface area contributed by atoms with Crippen molar-refractivity contribution in [2.45, 2.75) is 25.2 Å². The molecular weight excluding hydrogens is 245 g/mol. The van der Waals surface area contributed by atoms with E-state index in [0.717, 1.165) is 25.9 Å². The molecule has 0 spiro atoms. The standard InChI is InChI=1S/C12H15F3N2O/c13-12(14,15)18-11-5-1-3-9(7-11)17-10-4-2-6-16-8-10/h1,3,5,7,10,16-17H,2,4,6,8H2. The van der Waals surface area contributed by atoms with Gasteiger partial charge in [0.15, 0.2) is 0 Å². The Balaban J connectivity index is 1.98.